The molecule has 0 aromatic carbocycles. The first-order valence-corrected chi connectivity index (χ1v) is 4.53. The molecule has 0 aliphatic carbocycles. The summed E-state index contributed by atoms with van der Waals surface area (Å²) in [5, 5.41) is 2.30. The van der Waals surface area contributed by atoms with Crippen LogP contribution in [-0.4, -0.2) is 23.6 Å². The summed E-state index contributed by atoms with van der Waals surface area (Å²) < 4.78 is 0. The maximum atomic E-state index is 3.36. The fourth-order valence-corrected chi connectivity index (χ4v) is 1.07. The van der Waals surface area contributed by atoms with Gasteiger partial charge in [-0.15, -0.1) is 0 Å². The monoisotopic (exact) mass is 158 g/mol. The molecule has 0 atom stereocenters. The van der Waals surface area contributed by atoms with E-state index in [1.54, 1.807) is 0 Å². The van der Waals surface area contributed by atoms with Crippen LogP contribution in [0.5, 0.6) is 0 Å². The topological polar surface area (TPSA) is 15.3 Å². The van der Waals surface area contributed by atoms with E-state index in [0.717, 1.165) is 13.1 Å². The Morgan fingerprint density at radius 1 is 1.18 bits per heavy atom. The summed E-state index contributed by atoms with van der Waals surface area (Å²) >= 11 is 0. The van der Waals surface area contributed by atoms with Crippen LogP contribution in [0.15, 0.2) is 0 Å². The minimum absolute atomic E-state index is 0.242. The predicted octanol–water partition coefficient (Wildman–Crippen LogP) is 2.02. The summed E-state index contributed by atoms with van der Waals surface area (Å²) in [6.45, 7) is 13.2. The van der Waals surface area contributed by atoms with Crippen LogP contribution in [0.1, 0.15) is 41.0 Å². The molecular weight excluding hydrogens is 136 g/mol. The first-order chi connectivity index (χ1) is 5.02. The van der Waals surface area contributed by atoms with Crippen LogP contribution >= 0.6 is 0 Å². The fraction of sp³-hybridized carbons (Fsp3) is 1.00. The second kappa shape index (κ2) is 4.73. The second-order valence-corrected chi connectivity index (χ2v) is 3.83. The lowest BCUT2D eigenvalue weighted by molar-refractivity contribution is 0.0755. The third-order valence-electron chi connectivity index (χ3n) is 1.61. The molecule has 0 aromatic heterocycles. The van der Waals surface area contributed by atoms with E-state index in [1.165, 1.54) is 6.42 Å². The van der Waals surface area contributed by atoms with E-state index in [9.17, 15) is 0 Å². The Kier molecular flexibility index (Phi) is 4.69. The van der Waals surface area contributed by atoms with Crippen molar-refractivity contribution in [3.05, 3.63) is 0 Å². The number of hydrogen-bond donors (Lipinski definition) is 1. The Morgan fingerprint density at radius 3 is 2.00 bits per heavy atom. The van der Waals surface area contributed by atoms with Gasteiger partial charge in [0.05, 0.1) is 0 Å². The molecule has 0 aliphatic rings. The maximum Gasteiger partial charge on any atom is 0.0269 e. The Balaban J connectivity index is 3.88. The van der Waals surface area contributed by atoms with Crippen LogP contribution < -0.4 is 5.43 Å². The average molecular weight is 158 g/mol. The van der Waals surface area contributed by atoms with Crippen molar-refractivity contribution < 1.29 is 0 Å². The zero-order valence-corrected chi connectivity index (χ0v) is 8.57. The summed E-state index contributed by atoms with van der Waals surface area (Å²) in [6.07, 6.45) is 1.20. The molecular formula is C9H22N2. The largest absolute Gasteiger partial charge is 0.255 e. The molecule has 0 amide bonds. The maximum absolute atomic E-state index is 3.36. The molecule has 68 valence electrons. The van der Waals surface area contributed by atoms with Crippen molar-refractivity contribution >= 4 is 0 Å². The van der Waals surface area contributed by atoms with Crippen LogP contribution in [0.25, 0.3) is 0 Å². The van der Waals surface area contributed by atoms with Crippen molar-refractivity contribution in [2.75, 3.05) is 13.1 Å². The van der Waals surface area contributed by atoms with Gasteiger partial charge in [0.1, 0.15) is 0 Å². The summed E-state index contributed by atoms with van der Waals surface area (Å²) in [6, 6.07) is 0. The van der Waals surface area contributed by atoms with Crippen LogP contribution in [-0.2, 0) is 0 Å². The summed E-state index contributed by atoms with van der Waals surface area (Å²) in [5.41, 5.74) is 3.60. The van der Waals surface area contributed by atoms with Crippen LogP contribution in [0.3, 0.4) is 0 Å². The lowest BCUT2D eigenvalue weighted by Crippen LogP contribution is -2.50. The molecule has 0 unspecified atom stereocenters. The summed E-state index contributed by atoms with van der Waals surface area (Å²) in [7, 11) is 0. The molecule has 2 nitrogen and oxygen atoms in total. The molecule has 0 heterocycles. The van der Waals surface area contributed by atoms with Crippen LogP contribution in [0.2, 0.25) is 0 Å². The van der Waals surface area contributed by atoms with Gasteiger partial charge in [-0.3, -0.25) is 5.43 Å². The first-order valence-electron chi connectivity index (χ1n) is 4.53. The molecule has 0 fully saturated rings. The molecule has 0 radical (unpaired) electrons. The molecule has 0 aliphatic heterocycles. The van der Waals surface area contributed by atoms with E-state index in [2.05, 4.69) is 45.1 Å². The van der Waals surface area contributed by atoms with Gasteiger partial charge in [0.2, 0.25) is 0 Å². The number of nitrogens with zero attached hydrogens (tertiary/aromatic N) is 1. The van der Waals surface area contributed by atoms with E-state index < -0.39 is 0 Å². The number of rotatable bonds is 4. The lowest BCUT2D eigenvalue weighted by atomic mass is 10.1. The minimum atomic E-state index is 0.242. The van der Waals surface area contributed by atoms with Crippen molar-refractivity contribution in [3.63, 3.8) is 0 Å². The Labute approximate surface area is 70.9 Å². The third kappa shape index (κ3) is 4.38. The Morgan fingerprint density at radius 2 is 1.73 bits per heavy atom. The van der Waals surface area contributed by atoms with Gasteiger partial charge >= 0.3 is 0 Å². The number of hydrogen-bond acceptors (Lipinski definition) is 2. The highest BCUT2D eigenvalue weighted by Crippen LogP contribution is 2.09. The van der Waals surface area contributed by atoms with E-state index >= 15 is 0 Å². The average Bonchev–Trinajstić information content (AvgIpc) is 1.85. The van der Waals surface area contributed by atoms with Gasteiger partial charge in [-0.25, -0.2) is 5.01 Å². The van der Waals surface area contributed by atoms with Crippen LogP contribution in [0.4, 0.5) is 0 Å². The molecule has 1 N–H and O–H groups in total. The highest BCUT2D eigenvalue weighted by molar-refractivity contribution is 4.71. The smallest absolute Gasteiger partial charge is 0.0269 e. The highest BCUT2D eigenvalue weighted by Gasteiger charge is 2.18. The number of hydrazine groups is 1. The third-order valence-corrected chi connectivity index (χ3v) is 1.61. The molecule has 2 heteroatoms. The predicted molar refractivity (Wildman–Crippen MR) is 50.4 cm³/mol. The first kappa shape index (κ1) is 10.9. The highest BCUT2D eigenvalue weighted by atomic mass is 15.5. The molecule has 0 bridgehead atoms. The normalized spacial score (nSPS) is 12.5. The minimum Gasteiger partial charge on any atom is -0.255 e. The molecule has 0 aromatic rings. The van der Waals surface area contributed by atoms with Gasteiger partial charge in [0.25, 0.3) is 0 Å². The molecule has 11 heavy (non-hydrogen) atoms. The lowest BCUT2D eigenvalue weighted by Gasteiger charge is -2.35. The van der Waals surface area contributed by atoms with Crippen molar-refractivity contribution in [2.45, 2.75) is 46.6 Å². The van der Waals surface area contributed by atoms with E-state index in [-0.39, 0.29) is 5.54 Å². The second-order valence-electron chi connectivity index (χ2n) is 3.83. The van der Waals surface area contributed by atoms with Crippen molar-refractivity contribution in [2.24, 2.45) is 0 Å². The molecule has 0 rings (SSSR count). The SMILES string of the molecule is CCCN(NCC)C(C)(C)C. The zero-order chi connectivity index (χ0) is 8.91. The van der Waals surface area contributed by atoms with Gasteiger partial charge in [-0.2, -0.15) is 0 Å². The summed E-state index contributed by atoms with van der Waals surface area (Å²) in [5.74, 6) is 0. The van der Waals surface area contributed by atoms with Gasteiger partial charge in [-0.05, 0) is 27.2 Å². The molecule has 0 saturated heterocycles. The van der Waals surface area contributed by atoms with Crippen molar-refractivity contribution in [3.8, 4) is 0 Å². The quantitative estimate of drug-likeness (QED) is 0.630. The van der Waals surface area contributed by atoms with E-state index in [0.29, 0.717) is 0 Å². The Bertz CT molecular complexity index is 88.2. The fourth-order valence-electron chi connectivity index (χ4n) is 1.07. The van der Waals surface area contributed by atoms with E-state index in [1.807, 2.05) is 0 Å². The summed E-state index contributed by atoms with van der Waals surface area (Å²) in [4.78, 5) is 0. The van der Waals surface area contributed by atoms with Gasteiger partial charge in [-0.1, -0.05) is 13.8 Å². The van der Waals surface area contributed by atoms with Crippen molar-refractivity contribution in [1.82, 2.24) is 10.4 Å². The molecule has 0 saturated carbocycles. The molecule has 0 spiro atoms. The van der Waals surface area contributed by atoms with Gasteiger partial charge in [0.15, 0.2) is 0 Å². The van der Waals surface area contributed by atoms with Crippen LogP contribution in [0, 0.1) is 0 Å². The number of nitrogens with one attached hydrogen (secondary N) is 1. The van der Waals surface area contributed by atoms with Gasteiger partial charge < -0.3 is 0 Å². The van der Waals surface area contributed by atoms with Gasteiger partial charge in [0, 0.05) is 18.6 Å². The van der Waals surface area contributed by atoms with E-state index in [4.69, 9.17) is 0 Å². The standard InChI is InChI=1S/C9H22N2/c1-6-8-11(10-7-2)9(3,4)5/h10H,6-8H2,1-5H3. The zero-order valence-electron chi connectivity index (χ0n) is 8.57. The van der Waals surface area contributed by atoms with Crippen molar-refractivity contribution in [1.29, 1.82) is 0 Å². The Hall–Kier alpha value is -0.0800.